The highest BCUT2D eigenvalue weighted by molar-refractivity contribution is 5.87. The van der Waals surface area contributed by atoms with Crippen LogP contribution in [0.15, 0.2) is 24.3 Å². The molecule has 1 fully saturated rings. The maximum atomic E-state index is 13.0. The largest absolute Gasteiger partial charge is 0.354 e. The van der Waals surface area contributed by atoms with Crippen LogP contribution in [-0.4, -0.2) is 50.1 Å². The topological polar surface area (TPSA) is 44.4 Å². The van der Waals surface area contributed by atoms with Gasteiger partial charge in [0.05, 0.1) is 5.41 Å². The number of nitrogens with zero attached hydrogens (tertiary/aromatic N) is 1. The van der Waals surface area contributed by atoms with E-state index >= 15 is 0 Å². The van der Waals surface area contributed by atoms with E-state index in [1.165, 1.54) is 12.1 Å². The molecule has 0 aliphatic carbocycles. The van der Waals surface area contributed by atoms with Crippen molar-refractivity contribution in [1.82, 2.24) is 15.5 Å². The first kappa shape index (κ1) is 18.9. The Morgan fingerprint density at radius 3 is 2.45 bits per heavy atom. The zero-order valence-electron chi connectivity index (χ0n) is 13.2. The molecule has 0 unspecified atom stereocenters. The average molecular weight is 330 g/mol. The van der Waals surface area contributed by atoms with Crippen LogP contribution >= 0.6 is 12.4 Å². The Bertz CT molecular complexity index is 473. The monoisotopic (exact) mass is 329 g/mol. The molecule has 0 aromatic heterocycles. The first-order valence-electron chi connectivity index (χ1n) is 7.47. The van der Waals surface area contributed by atoms with Gasteiger partial charge in [0, 0.05) is 39.3 Å². The number of nitrogens with one attached hydrogen (secondary N) is 2. The maximum Gasteiger partial charge on any atom is 0.230 e. The highest BCUT2D eigenvalue weighted by atomic mass is 35.5. The number of carbonyl (C=O) groups is 1. The Morgan fingerprint density at radius 2 is 1.86 bits per heavy atom. The van der Waals surface area contributed by atoms with Gasteiger partial charge in [0.25, 0.3) is 0 Å². The van der Waals surface area contributed by atoms with E-state index in [1.807, 2.05) is 13.8 Å². The summed E-state index contributed by atoms with van der Waals surface area (Å²) in [6, 6.07) is 6.13. The van der Waals surface area contributed by atoms with Crippen molar-refractivity contribution in [1.29, 1.82) is 0 Å². The van der Waals surface area contributed by atoms with Gasteiger partial charge < -0.3 is 10.6 Å². The Balaban J connectivity index is 0.00000242. The Kier molecular flexibility index (Phi) is 7.26. The molecule has 1 aliphatic heterocycles. The highest BCUT2D eigenvalue weighted by Gasteiger charge is 2.29. The Hall–Kier alpha value is -1.17. The van der Waals surface area contributed by atoms with Gasteiger partial charge in [0.2, 0.25) is 5.91 Å². The molecule has 0 atom stereocenters. The first-order valence-corrected chi connectivity index (χ1v) is 7.47. The molecule has 0 radical (unpaired) electrons. The number of piperazine rings is 1. The van der Waals surface area contributed by atoms with E-state index in [0.717, 1.165) is 38.3 Å². The second kappa shape index (κ2) is 8.46. The third-order valence-corrected chi connectivity index (χ3v) is 4.06. The quantitative estimate of drug-likeness (QED) is 0.861. The molecular weight excluding hydrogens is 305 g/mol. The maximum absolute atomic E-state index is 13.0. The van der Waals surface area contributed by atoms with Crippen molar-refractivity contribution < 1.29 is 9.18 Å². The van der Waals surface area contributed by atoms with Gasteiger partial charge in [-0.15, -0.1) is 12.4 Å². The summed E-state index contributed by atoms with van der Waals surface area (Å²) in [6.45, 7) is 9.30. The van der Waals surface area contributed by atoms with Gasteiger partial charge in [-0.3, -0.25) is 9.69 Å². The Labute approximate surface area is 137 Å². The lowest BCUT2D eigenvalue weighted by Crippen LogP contribution is -2.48. The van der Waals surface area contributed by atoms with E-state index in [4.69, 9.17) is 0 Å². The number of rotatable bonds is 5. The van der Waals surface area contributed by atoms with Crippen LogP contribution < -0.4 is 10.6 Å². The smallest absolute Gasteiger partial charge is 0.230 e. The van der Waals surface area contributed by atoms with Gasteiger partial charge >= 0.3 is 0 Å². The predicted molar refractivity (Wildman–Crippen MR) is 89.0 cm³/mol. The molecule has 0 bridgehead atoms. The van der Waals surface area contributed by atoms with Crippen molar-refractivity contribution in [3.63, 3.8) is 0 Å². The van der Waals surface area contributed by atoms with Crippen LogP contribution in [0.1, 0.15) is 19.4 Å². The van der Waals surface area contributed by atoms with Gasteiger partial charge in [-0.25, -0.2) is 4.39 Å². The van der Waals surface area contributed by atoms with E-state index in [1.54, 1.807) is 12.1 Å². The zero-order chi connectivity index (χ0) is 15.3. The molecule has 124 valence electrons. The van der Waals surface area contributed by atoms with Gasteiger partial charge in [-0.1, -0.05) is 12.1 Å². The summed E-state index contributed by atoms with van der Waals surface area (Å²) in [4.78, 5) is 14.7. The third-order valence-electron chi connectivity index (χ3n) is 4.06. The summed E-state index contributed by atoms with van der Waals surface area (Å²) in [7, 11) is 0. The SMILES string of the molecule is CC(C)(C(=O)NCCN1CCNCC1)c1ccc(F)cc1.Cl. The molecule has 22 heavy (non-hydrogen) atoms. The summed E-state index contributed by atoms with van der Waals surface area (Å²) in [5.41, 5.74) is 0.167. The molecule has 4 nitrogen and oxygen atoms in total. The van der Waals surface area contributed by atoms with E-state index < -0.39 is 5.41 Å². The summed E-state index contributed by atoms with van der Waals surface area (Å²) in [6.07, 6.45) is 0. The molecule has 2 rings (SSSR count). The lowest BCUT2D eigenvalue weighted by Gasteiger charge is -2.28. The fourth-order valence-electron chi connectivity index (χ4n) is 2.48. The van der Waals surface area contributed by atoms with Crippen LogP contribution in [0.25, 0.3) is 0 Å². The van der Waals surface area contributed by atoms with Crippen LogP contribution in [0.4, 0.5) is 4.39 Å². The molecule has 1 saturated heterocycles. The van der Waals surface area contributed by atoms with Crippen molar-refractivity contribution in [2.24, 2.45) is 0 Å². The van der Waals surface area contributed by atoms with E-state index in [0.29, 0.717) is 6.54 Å². The molecule has 1 aliphatic rings. The van der Waals surface area contributed by atoms with E-state index in [9.17, 15) is 9.18 Å². The van der Waals surface area contributed by atoms with Crippen molar-refractivity contribution in [3.8, 4) is 0 Å². The fraction of sp³-hybridized carbons (Fsp3) is 0.562. The van der Waals surface area contributed by atoms with Gasteiger partial charge in [-0.2, -0.15) is 0 Å². The predicted octanol–water partition coefficient (Wildman–Crippen LogP) is 1.55. The highest BCUT2D eigenvalue weighted by Crippen LogP contribution is 2.23. The minimum Gasteiger partial charge on any atom is -0.354 e. The summed E-state index contributed by atoms with van der Waals surface area (Å²) in [5, 5.41) is 6.29. The van der Waals surface area contributed by atoms with Crippen LogP contribution in [0.2, 0.25) is 0 Å². The van der Waals surface area contributed by atoms with Gasteiger partial charge in [0.1, 0.15) is 5.82 Å². The van der Waals surface area contributed by atoms with Gasteiger partial charge in [0.15, 0.2) is 0 Å². The zero-order valence-corrected chi connectivity index (χ0v) is 14.0. The molecule has 6 heteroatoms. The first-order chi connectivity index (χ1) is 10.00. The van der Waals surface area contributed by atoms with Crippen LogP contribution in [0, 0.1) is 5.82 Å². The number of carbonyl (C=O) groups excluding carboxylic acids is 1. The molecule has 1 heterocycles. The normalized spacial score (nSPS) is 16.0. The minimum absolute atomic E-state index is 0. The van der Waals surface area contributed by atoms with E-state index in [2.05, 4.69) is 15.5 Å². The van der Waals surface area contributed by atoms with Crippen molar-refractivity contribution >= 4 is 18.3 Å². The number of halogens is 2. The summed E-state index contributed by atoms with van der Waals surface area (Å²) >= 11 is 0. The molecule has 0 saturated carbocycles. The summed E-state index contributed by atoms with van der Waals surface area (Å²) in [5.74, 6) is -0.307. The lowest BCUT2D eigenvalue weighted by molar-refractivity contribution is -0.125. The van der Waals surface area contributed by atoms with Crippen molar-refractivity contribution in [3.05, 3.63) is 35.6 Å². The van der Waals surface area contributed by atoms with E-state index in [-0.39, 0.29) is 24.1 Å². The van der Waals surface area contributed by atoms with Crippen LogP contribution in [0.5, 0.6) is 0 Å². The third kappa shape index (κ3) is 4.93. The molecule has 0 spiro atoms. The molecule has 1 aromatic carbocycles. The number of benzene rings is 1. The second-order valence-corrected chi connectivity index (χ2v) is 5.98. The molecular formula is C16H25ClFN3O. The van der Waals surface area contributed by atoms with Crippen LogP contribution in [0.3, 0.4) is 0 Å². The molecule has 1 aromatic rings. The fourth-order valence-corrected chi connectivity index (χ4v) is 2.48. The number of hydrogen-bond donors (Lipinski definition) is 2. The van der Waals surface area contributed by atoms with Crippen LogP contribution in [-0.2, 0) is 10.2 Å². The second-order valence-electron chi connectivity index (χ2n) is 5.98. The summed E-state index contributed by atoms with van der Waals surface area (Å²) < 4.78 is 13.0. The minimum atomic E-state index is -0.656. The lowest BCUT2D eigenvalue weighted by atomic mass is 9.84. The van der Waals surface area contributed by atoms with Gasteiger partial charge in [-0.05, 0) is 31.5 Å². The standard InChI is InChI=1S/C16H24FN3O.ClH/c1-16(2,13-3-5-14(17)6-4-13)15(21)19-9-12-20-10-7-18-8-11-20;/h3-6,18H,7-12H2,1-2H3,(H,19,21);1H. The molecule has 2 N–H and O–H groups in total. The average Bonchev–Trinajstić information content (AvgIpc) is 2.48. The number of hydrogen-bond acceptors (Lipinski definition) is 3. The Morgan fingerprint density at radius 1 is 1.27 bits per heavy atom. The molecule has 1 amide bonds. The van der Waals surface area contributed by atoms with Crippen molar-refractivity contribution in [2.75, 3.05) is 39.3 Å². The van der Waals surface area contributed by atoms with Crippen molar-refractivity contribution in [2.45, 2.75) is 19.3 Å². The number of amides is 1.